The summed E-state index contributed by atoms with van der Waals surface area (Å²) in [5.41, 5.74) is 7.17. The summed E-state index contributed by atoms with van der Waals surface area (Å²) in [4.78, 5) is 25.4. The maximum atomic E-state index is 11.8. The molecule has 1 amide bonds. The van der Waals surface area contributed by atoms with Gasteiger partial charge in [0, 0.05) is 12.1 Å². The molecule has 2 aromatic rings. The first kappa shape index (κ1) is 14.3. The Hall–Kier alpha value is -2.08. The third-order valence-electron chi connectivity index (χ3n) is 3.23. The van der Waals surface area contributed by atoms with Crippen molar-refractivity contribution in [1.82, 2.24) is 4.98 Å². The molecule has 20 heavy (non-hydrogen) atoms. The van der Waals surface area contributed by atoms with Crippen LogP contribution in [0.3, 0.4) is 0 Å². The first-order valence-electron chi connectivity index (χ1n) is 6.71. The lowest BCUT2D eigenvalue weighted by Crippen LogP contribution is -2.14. The third-order valence-corrected chi connectivity index (χ3v) is 3.23. The summed E-state index contributed by atoms with van der Waals surface area (Å²) < 4.78 is 4.90. The standard InChI is InChI=1S/C14H19N3O3/c1-9(6-7-15)2-5-13(18)16-10-3-4-12-11(8-10)17-14(19)20-12/h3-4,8-9H,2,5-7,15H2,1H3,(H,16,18)(H,17,19). The van der Waals surface area contributed by atoms with Crippen molar-refractivity contribution in [1.29, 1.82) is 0 Å². The number of amides is 1. The lowest BCUT2D eigenvalue weighted by Gasteiger charge is -2.09. The minimum Gasteiger partial charge on any atom is -0.408 e. The fourth-order valence-corrected chi connectivity index (χ4v) is 2.06. The highest BCUT2D eigenvalue weighted by atomic mass is 16.4. The zero-order valence-electron chi connectivity index (χ0n) is 11.4. The second-order valence-corrected chi connectivity index (χ2v) is 4.99. The van der Waals surface area contributed by atoms with E-state index in [1.807, 2.05) is 0 Å². The van der Waals surface area contributed by atoms with E-state index in [-0.39, 0.29) is 5.91 Å². The lowest BCUT2D eigenvalue weighted by molar-refractivity contribution is -0.116. The number of nitrogens with two attached hydrogens (primary N) is 1. The minimum absolute atomic E-state index is 0.0425. The Morgan fingerprint density at radius 2 is 2.25 bits per heavy atom. The largest absolute Gasteiger partial charge is 0.417 e. The molecule has 1 atom stereocenters. The fraction of sp³-hybridized carbons (Fsp3) is 0.429. The van der Waals surface area contributed by atoms with Gasteiger partial charge in [-0.2, -0.15) is 0 Å². The molecule has 1 unspecified atom stereocenters. The van der Waals surface area contributed by atoms with Crippen molar-refractivity contribution in [2.45, 2.75) is 26.2 Å². The van der Waals surface area contributed by atoms with Gasteiger partial charge in [0.1, 0.15) is 0 Å². The van der Waals surface area contributed by atoms with E-state index in [4.69, 9.17) is 10.2 Å². The molecule has 0 saturated heterocycles. The maximum absolute atomic E-state index is 11.8. The van der Waals surface area contributed by atoms with Crippen LogP contribution >= 0.6 is 0 Å². The minimum atomic E-state index is -0.501. The van der Waals surface area contributed by atoms with E-state index in [0.717, 1.165) is 12.8 Å². The van der Waals surface area contributed by atoms with Gasteiger partial charge in [0.2, 0.25) is 5.91 Å². The fourth-order valence-electron chi connectivity index (χ4n) is 2.06. The molecule has 0 bridgehead atoms. The van der Waals surface area contributed by atoms with Crippen LogP contribution in [0.2, 0.25) is 0 Å². The molecule has 4 N–H and O–H groups in total. The van der Waals surface area contributed by atoms with Crippen molar-refractivity contribution in [2.75, 3.05) is 11.9 Å². The van der Waals surface area contributed by atoms with E-state index in [1.165, 1.54) is 0 Å². The summed E-state index contributed by atoms with van der Waals surface area (Å²) in [5.74, 6) is -0.100. The molecule has 0 aliphatic carbocycles. The summed E-state index contributed by atoms with van der Waals surface area (Å²) in [6, 6.07) is 5.04. The van der Waals surface area contributed by atoms with E-state index in [0.29, 0.717) is 35.7 Å². The summed E-state index contributed by atoms with van der Waals surface area (Å²) in [7, 11) is 0. The van der Waals surface area contributed by atoms with E-state index < -0.39 is 5.76 Å². The molecule has 108 valence electrons. The molecular formula is C14H19N3O3. The van der Waals surface area contributed by atoms with Crippen LogP contribution in [-0.2, 0) is 4.79 Å². The SMILES string of the molecule is CC(CCN)CCC(=O)Nc1ccc2oc(=O)[nH]c2c1. The van der Waals surface area contributed by atoms with Crippen LogP contribution in [0.25, 0.3) is 11.1 Å². The molecule has 0 fully saturated rings. The summed E-state index contributed by atoms with van der Waals surface area (Å²) >= 11 is 0. The molecule has 0 radical (unpaired) electrons. The number of hydrogen-bond donors (Lipinski definition) is 3. The molecule has 6 heteroatoms. The monoisotopic (exact) mass is 277 g/mol. The van der Waals surface area contributed by atoms with Gasteiger partial charge in [-0.25, -0.2) is 4.79 Å². The van der Waals surface area contributed by atoms with Gasteiger partial charge in [0.05, 0.1) is 5.52 Å². The van der Waals surface area contributed by atoms with Crippen LogP contribution in [0.15, 0.2) is 27.4 Å². The topological polar surface area (TPSA) is 101 Å². The van der Waals surface area contributed by atoms with Crippen molar-refractivity contribution in [3.05, 3.63) is 28.7 Å². The molecule has 1 aromatic carbocycles. The molecule has 2 rings (SSSR count). The zero-order valence-corrected chi connectivity index (χ0v) is 11.4. The number of carbonyl (C=O) groups is 1. The Balaban J connectivity index is 1.93. The number of oxazole rings is 1. The summed E-state index contributed by atoms with van der Waals surface area (Å²) in [5, 5.41) is 2.81. The highest BCUT2D eigenvalue weighted by molar-refractivity contribution is 5.92. The smallest absolute Gasteiger partial charge is 0.408 e. The average molecular weight is 277 g/mol. The predicted octanol–water partition coefficient (Wildman–Crippen LogP) is 1.82. The number of aromatic amines is 1. The Labute approximate surface area is 116 Å². The molecule has 6 nitrogen and oxygen atoms in total. The highest BCUT2D eigenvalue weighted by Gasteiger charge is 2.08. The van der Waals surface area contributed by atoms with Gasteiger partial charge in [0.25, 0.3) is 0 Å². The van der Waals surface area contributed by atoms with Crippen molar-refractivity contribution in [2.24, 2.45) is 11.7 Å². The van der Waals surface area contributed by atoms with Crippen LogP contribution in [0.5, 0.6) is 0 Å². The normalized spacial score (nSPS) is 12.5. The van der Waals surface area contributed by atoms with E-state index in [9.17, 15) is 9.59 Å². The Kier molecular flexibility index (Phi) is 4.57. The molecular weight excluding hydrogens is 258 g/mol. The third kappa shape index (κ3) is 3.71. The molecule has 0 saturated carbocycles. The van der Waals surface area contributed by atoms with Crippen LogP contribution in [0.1, 0.15) is 26.2 Å². The number of anilines is 1. The second kappa shape index (κ2) is 6.38. The van der Waals surface area contributed by atoms with Crippen molar-refractivity contribution in [3.63, 3.8) is 0 Å². The van der Waals surface area contributed by atoms with E-state index >= 15 is 0 Å². The quantitative estimate of drug-likeness (QED) is 0.749. The molecule has 0 aliphatic rings. The zero-order chi connectivity index (χ0) is 14.5. The number of carbonyl (C=O) groups excluding carboxylic acids is 1. The number of hydrogen-bond acceptors (Lipinski definition) is 4. The number of benzene rings is 1. The van der Waals surface area contributed by atoms with Crippen LogP contribution in [0, 0.1) is 5.92 Å². The number of rotatable bonds is 6. The highest BCUT2D eigenvalue weighted by Crippen LogP contribution is 2.17. The Bertz CT molecular complexity index is 644. The number of nitrogens with one attached hydrogen (secondary N) is 2. The van der Waals surface area contributed by atoms with Gasteiger partial charge in [-0.3, -0.25) is 9.78 Å². The molecule has 1 heterocycles. The van der Waals surface area contributed by atoms with E-state index in [1.54, 1.807) is 18.2 Å². The van der Waals surface area contributed by atoms with Gasteiger partial charge < -0.3 is 15.5 Å². The number of fused-ring (bicyclic) bond motifs is 1. The van der Waals surface area contributed by atoms with Gasteiger partial charge in [-0.05, 0) is 43.5 Å². The average Bonchev–Trinajstić information content (AvgIpc) is 2.76. The first-order chi connectivity index (χ1) is 9.58. The van der Waals surface area contributed by atoms with Gasteiger partial charge in [-0.15, -0.1) is 0 Å². The Morgan fingerprint density at radius 1 is 1.45 bits per heavy atom. The molecule has 1 aromatic heterocycles. The van der Waals surface area contributed by atoms with E-state index in [2.05, 4.69) is 17.2 Å². The summed E-state index contributed by atoms with van der Waals surface area (Å²) in [6.07, 6.45) is 2.20. The maximum Gasteiger partial charge on any atom is 0.417 e. The van der Waals surface area contributed by atoms with Gasteiger partial charge in [0.15, 0.2) is 5.58 Å². The molecule has 0 spiro atoms. The second-order valence-electron chi connectivity index (χ2n) is 4.99. The van der Waals surface area contributed by atoms with Crippen molar-refractivity contribution in [3.8, 4) is 0 Å². The first-order valence-corrected chi connectivity index (χ1v) is 6.71. The summed E-state index contributed by atoms with van der Waals surface area (Å²) in [6.45, 7) is 2.73. The van der Waals surface area contributed by atoms with Crippen molar-refractivity contribution >= 4 is 22.7 Å². The van der Waals surface area contributed by atoms with Gasteiger partial charge in [-0.1, -0.05) is 6.92 Å². The Morgan fingerprint density at radius 3 is 3.00 bits per heavy atom. The molecule has 0 aliphatic heterocycles. The van der Waals surface area contributed by atoms with Gasteiger partial charge >= 0.3 is 5.76 Å². The predicted molar refractivity (Wildman–Crippen MR) is 77.5 cm³/mol. The lowest BCUT2D eigenvalue weighted by atomic mass is 10.0. The van der Waals surface area contributed by atoms with Crippen molar-refractivity contribution < 1.29 is 9.21 Å². The van der Waals surface area contributed by atoms with Crippen LogP contribution in [-0.4, -0.2) is 17.4 Å². The van der Waals surface area contributed by atoms with Crippen LogP contribution < -0.4 is 16.8 Å². The number of H-pyrrole nitrogens is 1. The number of aromatic nitrogens is 1. The van der Waals surface area contributed by atoms with Crippen LogP contribution in [0.4, 0.5) is 5.69 Å².